The standard InChI is InChI=1S/C15H17N3O3/c1-4-20-14(19)12-8-17-15(18-10(12)3)21-11-5-6-13(16)9(2)7-11/h5-8H,4,16H2,1-3H3. The van der Waals surface area contributed by atoms with Crippen molar-refractivity contribution in [3.8, 4) is 11.8 Å². The number of rotatable bonds is 4. The average molecular weight is 287 g/mol. The van der Waals surface area contributed by atoms with E-state index in [9.17, 15) is 4.79 Å². The Morgan fingerprint density at radius 1 is 1.33 bits per heavy atom. The molecule has 1 aromatic heterocycles. The number of aryl methyl sites for hydroxylation is 2. The minimum absolute atomic E-state index is 0.171. The molecule has 2 aromatic rings. The molecule has 0 spiro atoms. The third kappa shape index (κ3) is 3.47. The quantitative estimate of drug-likeness (QED) is 0.687. The summed E-state index contributed by atoms with van der Waals surface area (Å²) in [6.07, 6.45) is 1.40. The molecule has 0 atom stereocenters. The number of hydrogen-bond acceptors (Lipinski definition) is 6. The summed E-state index contributed by atoms with van der Waals surface area (Å²) in [5.74, 6) is 0.148. The molecular weight excluding hydrogens is 270 g/mol. The van der Waals surface area contributed by atoms with E-state index in [1.807, 2.05) is 6.92 Å². The maximum Gasteiger partial charge on any atom is 0.341 e. The number of benzene rings is 1. The summed E-state index contributed by atoms with van der Waals surface area (Å²) < 4.78 is 10.5. The van der Waals surface area contributed by atoms with Crippen LogP contribution in [0.3, 0.4) is 0 Å². The van der Waals surface area contributed by atoms with E-state index in [1.165, 1.54) is 6.20 Å². The molecule has 0 fully saturated rings. The van der Waals surface area contributed by atoms with Crippen molar-refractivity contribution in [2.24, 2.45) is 0 Å². The third-order valence-electron chi connectivity index (χ3n) is 2.90. The van der Waals surface area contributed by atoms with Crippen LogP contribution in [0.1, 0.15) is 28.5 Å². The van der Waals surface area contributed by atoms with E-state index in [4.69, 9.17) is 15.2 Å². The second kappa shape index (κ2) is 6.21. The van der Waals surface area contributed by atoms with E-state index in [0.29, 0.717) is 29.3 Å². The molecule has 0 saturated heterocycles. The first-order valence-corrected chi connectivity index (χ1v) is 6.56. The SMILES string of the molecule is CCOC(=O)c1cnc(Oc2ccc(N)c(C)c2)nc1C. The van der Waals surface area contributed by atoms with Crippen LogP contribution in [0.15, 0.2) is 24.4 Å². The number of nitrogen functional groups attached to an aromatic ring is 1. The first-order valence-electron chi connectivity index (χ1n) is 6.56. The Balaban J connectivity index is 2.20. The predicted octanol–water partition coefficient (Wildman–Crippen LogP) is 2.64. The van der Waals surface area contributed by atoms with Gasteiger partial charge in [-0.3, -0.25) is 0 Å². The third-order valence-corrected chi connectivity index (χ3v) is 2.90. The monoisotopic (exact) mass is 287 g/mol. The molecule has 0 radical (unpaired) electrons. The van der Waals surface area contributed by atoms with Gasteiger partial charge in [-0.25, -0.2) is 9.78 Å². The number of hydrogen-bond donors (Lipinski definition) is 1. The fraction of sp³-hybridized carbons (Fsp3) is 0.267. The molecule has 0 amide bonds. The summed E-state index contributed by atoms with van der Waals surface area (Å²) in [5, 5.41) is 0. The second-order valence-electron chi connectivity index (χ2n) is 4.49. The van der Waals surface area contributed by atoms with Gasteiger partial charge in [0, 0.05) is 11.9 Å². The van der Waals surface area contributed by atoms with Crippen LogP contribution in [0.2, 0.25) is 0 Å². The Morgan fingerprint density at radius 2 is 2.10 bits per heavy atom. The summed E-state index contributed by atoms with van der Waals surface area (Å²) in [6, 6.07) is 5.46. The zero-order chi connectivity index (χ0) is 15.4. The van der Waals surface area contributed by atoms with Gasteiger partial charge in [-0.05, 0) is 44.5 Å². The minimum Gasteiger partial charge on any atom is -0.462 e. The Labute approximate surface area is 122 Å². The molecule has 0 aliphatic carbocycles. The number of anilines is 1. The molecule has 1 aromatic carbocycles. The topological polar surface area (TPSA) is 87.3 Å². The zero-order valence-corrected chi connectivity index (χ0v) is 12.2. The predicted molar refractivity (Wildman–Crippen MR) is 78.4 cm³/mol. The van der Waals surface area contributed by atoms with Gasteiger partial charge in [-0.2, -0.15) is 4.98 Å². The van der Waals surface area contributed by atoms with E-state index >= 15 is 0 Å². The first kappa shape index (κ1) is 14.8. The molecule has 0 aliphatic rings. The lowest BCUT2D eigenvalue weighted by atomic mass is 10.2. The van der Waals surface area contributed by atoms with Crippen molar-refractivity contribution in [2.75, 3.05) is 12.3 Å². The normalized spacial score (nSPS) is 10.2. The van der Waals surface area contributed by atoms with Crippen LogP contribution in [0, 0.1) is 13.8 Å². The lowest BCUT2D eigenvalue weighted by molar-refractivity contribution is 0.0524. The molecule has 21 heavy (non-hydrogen) atoms. The van der Waals surface area contributed by atoms with Gasteiger partial charge in [0.05, 0.1) is 17.9 Å². The van der Waals surface area contributed by atoms with Crippen molar-refractivity contribution in [3.63, 3.8) is 0 Å². The summed E-state index contributed by atoms with van der Waals surface area (Å²) in [7, 11) is 0. The Hall–Kier alpha value is -2.63. The van der Waals surface area contributed by atoms with E-state index < -0.39 is 5.97 Å². The lowest BCUT2D eigenvalue weighted by Gasteiger charge is -2.08. The highest BCUT2D eigenvalue weighted by Crippen LogP contribution is 2.23. The molecule has 0 saturated carbocycles. The van der Waals surface area contributed by atoms with Crippen LogP contribution >= 0.6 is 0 Å². The van der Waals surface area contributed by atoms with Gasteiger partial charge in [0.1, 0.15) is 5.75 Å². The van der Waals surface area contributed by atoms with Crippen molar-refractivity contribution >= 4 is 11.7 Å². The van der Waals surface area contributed by atoms with Gasteiger partial charge in [0.25, 0.3) is 0 Å². The molecule has 6 nitrogen and oxygen atoms in total. The Bertz CT molecular complexity index is 671. The van der Waals surface area contributed by atoms with Gasteiger partial charge in [0.2, 0.25) is 0 Å². The molecule has 110 valence electrons. The molecule has 2 rings (SSSR count). The van der Waals surface area contributed by atoms with Crippen LogP contribution in [0.25, 0.3) is 0 Å². The van der Waals surface area contributed by atoms with E-state index in [1.54, 1.807) is 32.0 Å². The van der Waals surface area contributed by atoms with Gasteiger partial charge in [-0.15, -0.1) is 0 Å². The summed E-state index contributed by atoms with van der Waals surface area (Å²) >= 11 is 0. The molecular formula is C15H17N3O3. The summed E-state index contributed by atoms with van der Waals surface area (Å²) in [5.41, 5.74) is 8.19. The van der Waals surface area contributed by atoms with Crippen molar-refractivity contribution in [1.29, 1.82) is 0 Å². The van der Waals surface area contributed by atoms with Gasteiger partial charge < -0.3 is 15.2 Å². The largest absolute Gasteiger partial charge is 0.462 e. The zero-order valence-electron chi connectivity index (χ0n) is 12.2. The highest BCUT2D eigenvalue weighted by Gasteiger charge is 2.13. The van der Waals surface area contributed by atoms with Gasteiger partial charge in [-0.1, -0.05) is 0 Å². The average Bonchev–Trinajstić information content (AvgIpc) is 2.43. The number of aromatic nitrogens is 2. The van der Waals surface area contributed by atoms with E-state index in [-0.39, 0.29) is 6.01 Å². The van der Waals surface area contributed by atoms with Crippen molar-refractivity contribution in [1.82, 2.24) is 9.97 Å². The fourth-order valence-corrected chi connectivity index (χ4v) is 1.72. The molecule has 0 unspecified atom stereocenters. The number of carbonyl (C=O) groups is 1. The van der Waals surface area contributed by atoms with E-state index in [2.05, 4.69) is 9.97 Å². The number of carbonyl (C=O) groups excluding carboxylic acids is 1. The number of ether oxygens (including phenoxy) is 2. The summed E-state index contributed by atoms with van der Waals surface area (Å²) in [6.45, 7) is 5.64. The lowest BCUT2D eigenvalue weighted by Crippen LogP contribution is -2.09. The highest BCUT2D eigenvalue weighted by molar-refractivity contribution is 5.90. The van der Waals surface area contributed by atoms with Crippen LogP contribution in [0.4, 0.5) is 5.69 Å². The van der Waals surface area contributed by atoms with Crippen LogP contribution in [0.5, 0.6) is 11.8 Å². The molecule has 1 heterocycles. The van der Waals surface area contributed by atoms with Crippen LogP contribution in [-0.2, 0) is 4.74 Å². The van der Waals surface area contributed by atoms with E-state index in [0.717, 1.165) is 5.56 Å². The minimum atomic E-state index is -0.440. The van der Waals surface area contributed by atoms with Gasteiger partial charge >= 0.3 is 12.0 Å². The maximum atomic E-state index is 11.7. The highest BCUT2D eigenvalue weighted by atomic mass is 16.5. The fourth-order valence-electron chi connectivity index (χ4n) is 1.72. The summed E-state index contributed by atoms with van der Waals surface area (Å²) in [4.78, 5) is 19.8. The number of nitrogens with two attached hydrogens (primary N) is 1. The van der Waals surface area contributed by atoms with Crippen molar-refractivity contribution < 1.29 is 14.3 Å². The maximum absolute atomic E-state index is 11.7. The van der Waals surface area contributed by atoms with Gasteiger partial charge in [0.15, 0.2) is 0 Å². The molecule has 6 heteroatoms. The smallest absolute Gasteiger partial charge is 0.341 e. The second-order valence-corrected chi connectivity index (χ2v) is 4.49. The Kier molecular flexibility index (Phi) is 4.37. The number of esters is 1. The van der Waals surface area contributed by atoms with Crippen LogP contribution < -0.4 is 10.5 Å². The molecule has 0 bridgehead atoms. The van der Waals surface area contributed by atoms with Crippen molar-refractivity contribution in [2.45, 2.75) is 20.8 Å². The molecule has 2 N–H and O–H groups in total. The Morgan fingerprint density at radius 3 is 2.71 bits per heavy atom. The first-order chi connectivity index (χ1) is 10.0. The number of nitrogens with zero attached hydrogens (tertiary/aromatic N) is 2. The molecule has 0 aliphatic heterocycles. The van der Waals surface area contributed by atoms with Crippen LogP contribution in [-0.4, -0.2) is 22.5 Å². The van der Waals surface area contributed by atoms with Crippen molar-refractivity contribution in [3.05, 3.63) is 41.2 Å².